The molecule has 4 rings (SSSR count). The minimum Gasteiger partial charge on any atom is -0.507 e. The predicted octanol–water partition coefficient (Wildman–Crippen LogP) is 5.29. The first-order valence-corrected chi connectivity index (χ1v) is 13.1. The van der Waals surface area contributed by atoms with Gasteiger partial charge in [-0.15, -0.1) is 0 Å². The first-order valence-electron chi connectivity index (χ1n) is 13.1. The molecular weight excluding hydrogens is 470 g/mol. The van der Waals surface area contributed by atoms with Crippen LogP contribution in [0.1, 0.15) is 78.3 Å². The zero-order valence-corrected chi connectivity index (χ0v) is 22.1. The number of ether oxygens (including phenoxy) is 2. The van der Waals surface area contributed by atoms with Crippen LogP contribution >= 0.6 is 0 Å². The number of aromatic amines is 1. The number of aromatic nitrogens is 2. The largest absolute Gasteiger partial charge is 0.507 e. The average Bonchev–Trinajstić information content (AvgIpc) is 3.42. The van der Waals surface area contributed by atoms with Gasteiger partial charge in [0.05, 0.1) is 19.3 Å². The third-order valence-electron chi connectivity index (χ3n) is 6.71. The van der Waals surface area contributed by atoms with E-state index in [4.69, 9.17) is 9.47 Å². The second-order valence-electron chi connectivity index (χ2n) is 9.51. The van der Waals surface area contributed by atoms with E-state index in [1.165, 1.54) is 0 Å². The van der Waals surface area contributed by atoms with Crippen LogP contribution in [0, 0.1) is 13.8 Å². The Labute approximate surface area is 218 Å². The van der Waals surface area contributed by atoms with Crippen molar-refractivity contribution >= 4 is 5.91 Å². The van der Waals surface area contributed by atoms with Crippen LogP contribution in [0.5, 0.6) is 17.2 Å². The summed E-state index contributed by atoms with van der Waals surface area (Å²) >= 11 is 0. The van der Waals surface area contributed by atoms with Crippen molar-refractivity contribution in [1.82, 2.24) is 15.1 Å². The number of unbranched alkanes of at least 4 members (excludes halogenated alkanes) is 2. The second kappa shape index (κ2) is 11.7. The summed E-state index contributed by atoms with van der Waals surface area (Å²) < 4.78 is 12.0. The van der Waals surface area contributed by atoms with E-state index in [9.17, 15) is 15.0 Å². The summed E-state index contributed by atoms with van der Waals surface area (Å²) in [6, 6.07) is 9.11. The molecular formula is C29H37N3O5. The number of rotatable bonds is 12. The molecule has 1 aliphatic heterocycles. The maximum absolute atomic E-state index is 13.5. The zero-order valence-electron chi connectivity index (χ0n) is 22.1. The number of phenols is 1. The van der Waals surface area contributed by atoms with E-state index in [2.05, 4.69) is 17.1 Å². The highest BCUT2D eigenvalue weighted by Gasteiger charge is 2.42. The topological polar surface area (TPSA) is 108 Å². The first kappa shape index (κ1) is 26.5. The van der Waals surface area contributed by atoms with Gasteiger partial charge in [0.1, 0.15) is 17.1 Å². The number of benzene rings is 2. The maximum atomic E-state index is 13.5. The number of aromatic hydroxyl groups is 1. The fourth-order valence-electron chi connectivity index (χ4n) is 4.98. The summed E-state index contributed by atoms with van der Waals surface area (Å²) in [6.07, 6.45) is 3.63. The molecule has 0 aliphatic carbocycles. The highest BCUT2D eigenvalue weighted by atomic mass is 16.5. The number of nitrogens with zero attached hydrogens (tertiary/aromatic N) is 2. The number of aliphatic hydroxyl groups excluding tert-OH is 1. The number of hydrogen-bond donors (Lipinski definition) is 3. The van der Waals surface area contributed by atoms with Gasteiger partial charge in [-0.2, -0.15) is 5.10 Å². The van der Waals surface area contributed by atoms with Gasteiger partial charge in [0.2, 0.25) is 0 Å². The van der Waals surface area contributed by atoms with Crippen LogP contribution in [0.25, 0.3) is 11.3 Å². The summed E-state index contributed by atoms with van der Waals surface area (Å²) in [4.78, 5) is 15.2. The van der Waals surface area contributed by atoms with Gasteiger partial charge < -0.3 is 24.6 Å². The molecule has 37 heavy (non-hydrogen) atoms. The fraction of sp³-hybridized carbons (Fsp3) is 0.448. The summed E-state index contributed by atoms with van der Waals surface area (Å²) in [5.74, 6) is 1.26. The Morgan fingerprint density at radius 3 is 2.59 bits per heavy atom. The van der Waals surface area contributed by atoms with Crippen LogP contribution in [-0.2, 0) is 0 Å². The number of phenolic OH excluding ortho intramolecular Hbond substituents is 1. The molecule has 8 heteroatoms. The van der Waals surface area contributed by atoms with Crippen molar-refractivity contribution in [2.75, 3.05) is 26.4 Å². The Hall–Kier alpha value is -3.52. The molecule has 2 heterocycles. The van der Waals surface area contributed by atoms with Crippen molar-refractivity contribution < 1.29 is 24.5 Å². The van der Waals surface area contributed by atoms with E-state index in [-0.39, 0.29) is 18.3 Å². The van der Waals surface area contributed by atoms with Crippen molar-refractivity contribution in [2.45, 2.75) is 59.4 Å². The highest BCUT2D eigenvalue weighted by molar-refractivity contribution is 6.00. The van der Waals surface area contributed by atoms with Crippen LogP contribution in [-0.4, -0.2) is 57.6 Å². The number of nitrogens with one attached hydrogen (secondary N) is 1. The van der Waals surface area contributed by atoms with Gasteiger partial charge in [-0.25, -0.2) is 0 Å². The molecule has 1 unspecified atom stereocenters. The van der Waals surface area contributed by atoms with Crippen molar-refractivity contribution in [3.8, 4) is 28.5 Å². The van der Waals surface area contributed by atoms with Crippen molar-refractivity contribution in [3.05, 3.63) is 58.3 Å². The Morgan fingerprint density at radius 1 is 1.05 bits per heavy atom. The van der Waals surface area contributed by atoms with Crippen molar-refractivity contribution in [1.29, 1.82) is 0 Å². The Balaban J connectivity index is 1.81. The van der Waals surface area contributed by atoms with Gasteiger partial charge in [-0.05, 0) is 68.5 Å². The normalized spacial score (nSPS) is 14.8. The van der Waals surface area contributed by atoms with Gasteiger partial charge in [0, 0.05) is 24.3 Å². The number of H-pyrrole nitrogens is 1. The Morgan fingerprint density at radius 2 is 1.86 bits per heavy atom. The first-order chi connectivity index (χ1) is 17.9. The van der Waals surface area contributed by atoms with Crippen molar-refractivity contribution in [2.24, 2.45) is 0 Å². The van der Waals surface area contributed by atoms with Crippen LogP contribution in [0.3, 0.4) is 0 Å². The van der Waals surface area contributed by atoms with E-state index in [0.717, 1.165) is 36.0 Å². The minimum absolute atomic E-state index is 0.0257. The lowest BCUT2D eigenvalue weighted by Gasteiger charge is -2.27. The molecule has 8 nitrogen and oxygen atoms in total. The molecule has 0 fully saturated rings. The number of aliphatic hydroxyl groups is 1. The molecule has 1 amide bonds. The minimum atomic E-state index is -0.462. The highest BCUT2D eigenvalue weighted by Crippen LogP contribution is 2.46. The number of carbonyl (C=O) groups is 1. The number of hydrogen-bond acceptors (Lipinski definition) is 6. The van der Waals surface area contributed by atoms with E-state index < -0.39 is 6.04 Å². The van der Waals surface area contributed by atoms with Crippen LogP contribution in [0.2, 0.25) is 0 Å². The standard InChI is InChI=1S/C29H37N3O5/c1-5-7-8-14-37-22-11-10-20(17-23(22)36-6-2)27-24-25(21-16-18(3)15-19(4)28(21)34)30-31-26(24)29(35)32(27)12-9-13-33/h10-11,15-17,27,33-34H,5-9,12-14H2,1-4H3,(H,30,31). The van der Waals surface area contributed by atoms with E-state index >= 15 is 0 Å². The second-order valence-corrected chi connectivity index (χ2v) is 9.51. The molecule has 2 aromatic carbocycles. The Bertz CT molecular complexity index is 1250. The zero-order chi connectivity index (χ0) is 26.5. The molecule has 0 saturated heterocycles. The van der Waals surface area contributed by atoms with Gasteiger partial charge >= 0.3 is 0 Å². The van der Waals surface area contributed by atoms with Crippen LogP contribution in [0.15, 0.2) is 30.3 Å². The SMILES string of the molecule is CCCCCOc1ccc(C2c3c(-c4cc(C)cc(C)c4O)n[nH]c3C(=O)N2CCCO)cc1OCC. The fourth-order valence-corrected chi connectivity index (χ4v) is 4.98. The summed E-state index contributed by atoms with van der Waals surface area (Å²) in [5, 5.41) is 27.8. The maximum Gasteiger partial charge on any atom is 0.273 e. The molecule has 3 N–H and O–H groups in total. The summed E-state index contributed by atoms with van der Waals surface area (Å²) in [7, 11) is 0. The molecule has 1 aliphatic rings. The molecule has 198 valence electrons. The van der Waals surface area contributed by atoms with E-state index in [1.807, 2.05) is 51.1 Å². The molecule has 0 saturated carbocycles. The number of aryl methyl sites for hydroxylation is 2. The van der Waals surface area contributed by atoms with Gasteiger partial charge in [0.25, 0.3) is 5.91 Å². The van der Waals surface area contributed by atoms with Crippen LogP contribution in [0.4, 0.5) is 0 Å². The average molecular weight is 508 g/mol. The summed E-state index contributed by atoms with van der Waals surface area (Å²) in [6.45, 7) is 9.33. The number of carbonyl (C=O) groups excluding carboxylic acids is 1. The predicted molar refractivity (Wildman–Crippen MR) is 142 cm³/mol. The molecule has 0 radical (unpaired) electrons. The third-order valence-corrected chi connectivity index (χ3v) is 6.71. The van der Waals surface area contributed by atoms with Crippen molar-refractivity contribution in [3.63, 3.8) is 0 Å². The van der Waals surface area contributed by atoms with Gasteiger partial charge in [0.15, 0.2) is 11.5 Å². The third kappa shape index (κ3) is 5.30. The monoisotopic (exact) mass is 507 g/mol. The Kier molecular flexibility index (Phi) is 8.38. The molecule has 1 atom stereocenters. The van der Waals surface area contributed by atoms with Crippen LogP contribution < -0.4 is 9.47 Å². The number of fused-ring (bicyclic) bond motifs is 1. The van der Waals surface area contributed by atoms with Gasteiger partial charge in [-0.3, -0.25) is 9.89 Å². The van der Waals surface area contributed by atoms with E-state index in [1.54, 1.807) is 4.90 Å². The van der Waals surface area contributed by atoms with Gasteiger partial charge in [-0.1, -0.05) is 31.9 Å². The lowest BCUT2D eigenvalue weighted by molar-refractivity contribution is 0.0732. The molecule has 3 aromatic rings. The number of amides is 1. The molecule has 0 bridgehead atoms. The molecule has 0 spiro atoms. The lowest BCUT2D eigenvalue weighted by Crippen LogP contribution is -2.31. The smallest absolute Gasteiger partial charge is 0.273 e. The quantitative estimate of drug-likeness (QED) is 0.287. The van der Waals surface area contributed by atoms with E-state index in [0.29, 0.717) is 60.2 Å². The lowest BCUT2D eigenvalue weighted by atomic mass is 9.94. The molecule has 1 aromatic heterocycles. The summed E-state index contributed by atoms with van der Waals surface area (Å²) in [5.41, 5.74) is 4.81.